The van der Waals surface area contributed by atoms with Gasteiger partial charge in [-0.3, -0.25) is 0 Å². The topological polar surface area (TPSA) is 0 Å². The van der Waals surface area contributed by atoms with Crippen LogP contribution in [0.15, 0.2) is 22.8 Å². The SMILES string of the molecule is CC(C)C1=CC=C(Cl)C(C)C1. The van der Waals surface area contributed by atoms with Gasteiger partial charge < -0.3 is 0 Å². The fourth-order valence-electron chi connectivity index (χ4n) is 1.30. The van der Waals surface area contributed by atoms with Crippen molar-refractivity contribution in [2.75, 3.05) is 0 Å². The van der Waals surface area contributed by atoms with Crippen molar-refractivity contribution in [1.29, 1.82) is 0 Å². The first-order valence-corrected chi connectivity index (χ1v) is 4.55. The van der Waals surface area contributed by atoms with Crippen LogP contribution in [0.1, 0.15) is 27.2 Å². The summed E-state index contributed by atoms with van der Waals surface area (Å²) in [6.45, 7) is 6.63. The van der Waals surface area contributed by atoms with Gasteiger partial charge in [-0.25, -0.2) is 0 Å². The minimum Gasteiger partial charge on any atom is -0.0888 e. The lowest BCUT2D eigenvalue weighted by atomic mass is 9.89. The second kappa shape index (κ2) is 3.44. The molecule has 11 heavy (non-hydrogen) atoms. The molecule has 0 saturated heterocycles. The van der Waals surface area contributed by atoms with Crippen LogP contribution in [0, 0.1) is 11.8 Å². The fraction of sp³-hybridized carbons (Fsp3) is 0.600. The van der Waals surface area contributed by atoms with Gasteiger partial charge in [-0.15, -0.1) is 0 Å². The highest BCUT2D eigenvalue weighted by atomic mass is 35.5. The summed E-state index contributed by atoms with van der Waals surface area (Å²) in [6, 6.07) is 0. The number of hydrogen-bond acceptors (Lipinski definition) is 0. The standard InChI is InChI=1S/C10H15Cl/c1-7(2)9-4-5-10(11)8(3)6-9/h4-5,7-8H,6H2,1-3H3. The molecule has 0 amide bonds. The lowest BCUT2D eigenvalue weighted by molar-refractivity contribution is 0.615. The van der Waals surface area contributed by atoms with E-state index < -0.39 is 0 Å². The Kier molecular flexibility index (Phi) is 2.78. The zero-order valence-corrected chi connectivity index (χ0v) is 8.15. The van der Waals surface area contributed by atoms with Crippen LogP contribution in [0.3, 0.4) is 0 Å². The van der Waals surface area contributed by atoms with Crippen molar-refractivity contribution in [3.05, 3.63) is 22.8 Å². The molecule has 0 N–H and O–H groups in total. The zero-order valence-electron chi connectivity index (χ0n) is 7.39. The minimum absolute atomic E-state index is 0.527. The predicted molar refractivity (Wildman–Crippen MR) is 50.6 cm³/mol. The summed E-state index contributed by atoms with van der Waals surface area (Å²) in [4.78, 5) is 0. The van der Waals surface area contributed by atoms with Gasteiger partial charge in [0.25, 0.3) is 0 Å². The van der Waals surface area contributed by atoms with E-state index in [9.17, 15) is 0 Å². The van der Waals surface area contributed by atoms with Gasteiger partial charge in [-0.2, -0.15) is 0 Å². The monoisotopic (exact) mass is 170 g/mol. The first kappa shape index (κ1) is 8.86. The number of rotatable bonds is 1. The van der Waals surface area contributed by atoms with Crippen LogP contribution >= 0.6 is 11.6 Å². The second-order valence-electron chi connectivity index (χ2n) is 3.55. The summed E-state index contributed by atoms with van der Waals surface area (Å²) >= 11 is 5.95. The van der Waals surface area contributed by atoms with Crippen LogP contribution in [0.4, 0.5) is 0 Å². The Morgan fingerprint density at radius 3 is 2.55 bits per heavy atom. The normalized spacial score (nSPS) is 25.0. The van der Waals surface area contributed by atoms with Gasteiger partial charge >= 0.3 is 0 Å². The number of hydrogen-bond donors (Lipinski definition) is 0. The van der Waals surface area contributed by atoms with E-state index in [4.69, 9.17) is 11.6 Å². The molecule has 0 fully saturated rings. The van der Waals surface area contributed by atoms with Crippen LogP contribution in [-0.2, 0) is 0 Å². The van der Waals surface area contributed by atoms with Gasteiger partial charge in [0.2, 0.25) is 0 Å². The molecule has 0 heterocycles. The molecule has 0 aromatic heterocycles. The summed E-state index contributed by atoms with van der Waals surface area (Å²) in [7, 11) is 0. The third-order valence-corrected chi connectivity index (χ3v) is 2.71. The molecule has 0 spiro atoms. The zero-order chi connectivity index (χ0) is 8.43. The molecule has 1 atom stereocenters. The lowest BCUT2D eigenvalue weighted by Crippen LogP contribution is -2.05. The van der Waals surface area contributed by atoms with Gasteiger partial charge in [-0.05, 0) is 24.3 Å². The molecule has 1 aliphatic rings. The third kappa shape index (κ3) is 2.10. The van der Waals surface area contributed by atoms with Gasteiger partial charge in [0, 0.05) is 5.03 Å². The van der Waals surface area contributed by atoms with E-state index in [0.29, 0.717) is 11.8 Å². The Balaban J connectivity index is 2.73. The molecule has 0 aromatic carbocycles. The van der Waals surface area contributed by atoms with E-state index in [0.717, 1.165) is 11.5 Å². The minimum atomic E-state index is 0.527. The van der Waals surface area contributed by atoms with Crippen molar-refractivity contribution in [3.63, 3.8) is 0 Å². The van der Waals surface area contributed by atoms with Crippen molar-refractivity contribution >= 4 is 11.6 Å². The van der Waals surface area contributed by atoms with Crippen LogP contribution in [-0.4, -0.2) is 0 Å². The van der Waals surface area contributed by atoms with E-state index in [2.05, 4.69) is 26.8 Å². The maximum Gasteiger partial charge on any atom is 0.0212 e. The Bertz CT molecular complexity index is 199. The highest BCUT2D eigenvalue weighted by molar-refractivity contribution is 6.30. The summed E-state index contributed by atoms with van der Waals surface area (Å²) in [5.74, 6) is 1.19. The molecule has 0 saturated carbocycles. The van der Waals surface area contributed by atoms with Gasteiger partial charge in [-0.1, -0.05) is 44.0 Å². The van der Waals surface area contributed by atoms with Crippen LogP contribution in [0.25, 0.3) is 0 Å². The van der Waals surface area contributed by atoms with Crippen molar-refractivity contribution in [3.8, 4) is 0 Å². The molecule has 0 bridgehead atoms. The molecular formula is C10H15Cl. The Hall–Kier alpha value is -0.230. The van der Waals surface area contributed by atoms with Gasteiger partial charge in [0.1, 0.15) is 0 Å². The molecule has 1 heteroatoms. The van der Waals surface area contributed by atoms with Crippen molar-refractivity contribution in [1.82, 2.24) is 0 Å². The smallest absolute Gasteiger partial charge is 0.0212 e. The average molecular weight is 171 g/mol. The van der Waals surface area contributed by atoms with E-state index in [1.54, 1.807) is 0 Å². The summed E-state index contributed by atoms with van der Waals surface area (Å²) in [5.41, 5.74) is 1.52. The van der Waals surface area contributed by atoms with Crippen molar-refractivity contribution < 1.29 is 0 Å². The average Bonchev–Trinajstić information content (AvgIpc) is 1.94. The highest BCUT2D eigenvalue weighted by Crippen LogP contribution is 2.30. The van der Waals surface area contributed by atoms with E-state index in [1.165, 1.54) is 5.57 Å². The molecule has 0 aliphatic heterocycles. The second-order valence-corrected chi connectivity index (χ2v) is 3.99. The van der Waals surface area contributed by atoms with Crippen LogP contribution in [0.2, 0.25) is 0 Å². The van der Waals surface area contributed by atoms with Gasteiger partial charge in [0.15, 0.2) is 0 Å². The summed E-state index contributed by atoms with van der Waals surface area (Å²) in [5, 5.41) is 0.995. The predicted octanol–water partition coefficient (Wildman–Crippen LogP) is 3.73. The third-order valence-electron chi connectivity index (χ3n) is 2.21. The summed E-state index contributed by atoms with van der Waals surface area (Å²) in [6.07, 6.45) is 5.32. The van der Waals surface area contributed by atoms with Crippen molar-refractivity contribution in [2.45, 2.75) is 27.2 Å². The molecule has 0 aromatic rings. The first-order chi connectivity index (χ1) is 5.11. The Morgan fingerprint density at radius 2 is 2.09 bits per heavy atom. The Morgan fingerprint density at radius 1 is 1.45 bits per heavy atom. The molecule has 0 radical (unpaired) electrons. The lowest BCUT2D eigenvalue weighted by Gasteiger charge is -2.19. The maximum atomic E-state index is 5.95. The van der Waals surface area contributed by atoms with Crippen molar-refractivity contribution in [2.24, 2.45) is 11.8 Å². The molecule has 1 unspecified atom stereocenters. The quantitative estimate of drug-likeness (QED) is 0.563. The largest absolute Gasteiger partial charge is 0.0888 e. The van der Waals surface area contributed by atoms with E-state index >= 15 is 0 Å². The molecular weight excluding hydrogens is 156 g/mol. The van der Waals surface area contributed by atoms with E-state index in [-0.39, 0.29) is 0 Å². The molecule has 1 rings (SSSR count). The number of halogens is 1. The molecule has 0 nitrogen and oxygen atoms in total. The Labute approximate surface area is 73.9 Å². The first-order valence-electron chi connectivity index (χ1n) is 4.17. The maximum absolute atomic E-state index is 5.95. The molecule has 62 valence electrons. The highest BCUT2D eigenvalue weighted by Gasteiger charge is 2.14. The molecule has 1 aliphatic carbocycles. The summed E-state index contributed by atoms with van der Waals surface area (Å²) < 4.78 is 0. The van der Waals surface area contributed by atoms with E-state index in [1.807, 2.05) is 6.08 Å². The number of allylic oxidation sites excluding steroid dienone is 4. The fourth-order valence-corrected chi connectivity index (χ4v) is 1.44. The van der Waals surface area contributed by atoms with Crippen LogP contribution < -0.4 is 0 Å². The van der Waals surface area contributed by atoms with Crippen LogP contribution in [0.5, 0.6) is 0 Å². The van der Waals surface area contributed by atoms with Gasteiger partial charge in [0.05, 0.1) is 0 Å².